The van der Waals surface area contributed by atoms with Crippen molar-refractivity contribution in [2.75, 3.05) is 39.8 Å². The molecule has 0 aromatic rings. The molecule has 1 aliphatic heterocycles. The molecule has 1 aliphatic rings. The maximum atomic E-state index is 12.2. The first-order chi connectivity index (χ1) is 9.69. The molecular weight excluding hydrogens is 321 g/mol. The van der Waals surface area contributed by atoms with Gasteiger partial charge in [0.15, 0.2) is 0 Å². The number of hydrogen-bond acceptors (Lipinski definition) is 3. The van der Waals surface area contributed by atoms with Crippen molar-refractivity contribution in [2.24, 2.45) is 0 Å². The fourth-order valence-corrected chi connectivity index (χ4v) is 3.00. The number of nitrogens with zero attached hydrogens (tertiary/aromatic N) is 2. The fraction of sp³-hybridized carbons (Fsp3) is 0.938. The van der Waals surface area contributed by atoms with E-state index in [2.05, 4.69) is 24.1 Å². The van der Waals surface area contributed by atoms with E-state index in [4.69, 9.17) is 0 Å². The van der Waals surface area contributed by atoms with Gasteiger partial charge in [-0.2, -0.15) is 0 Å². The smallest absolute Gasteiger partial charge is 0.222 e. The van der Waals surface area contributed by atoms with Crippen LogP contribution < -0.4 is 5.32 Å². The number of carbonyl (C=O) groups is 1. The summed E-state index contributed by atoms with van der Waals surface area (Å²) in [7, 11) is 1.98. The minimum absolute atomic E-state index is 0. The van der Waals surface area contributed by atoms with Crippen LogP contribution in [0.5, 0.6) is 0 Å². The zero-order valence-corrected chi connectivity index (χ0v) is 16.1. The van der Waals surface area contributed by atoms with Crippen molar-refractivity contribution >= 4 is 30.7 Å². The molecule has 1 N–H and O–H groups in total. The summed E-state index contributed by atoms with van der Waals surface area (Å²) in [6.07, 6.45) is 6.28. The summed E-state index contributed by atoms with van der Waals surface area (Å²) >= 11 is 0. The van der Waals surface area contributed by atoms with Crippen molar-refractivity contribution in [3.8, 4) is 0 Å². The molecule has 0 bridgehead atoms. The molecule has 1 amide bonds. The summed E-state index contributed by atoms with van der Waals surface area (Å²) in [5.41, 5.74) is 0. The van der Waals surface area contributed by atoms with Gasteiger partial charge in [-0.3, -0.25) is 4.79 Å². The van der Waals surface area contributed by atoms with Gasteiger partial charge < -0.3 is 15.1 Å². The number of rotatable bonds is 9. The molecule has 134 valence electrons. The lowest BCUT2D eigenvalue weighted by molar-refractivity contribution is -0.132. The van der Waals surface area contributed by atoms with E-state index in [-0.39, 0.29) is 24.8 Å². The normalized spacial score (nSPS) is 15.1. The summed E-state index contributed by atoms with van der Waals surface area (Å²) in [6, 6.07) is 0.450. The first kappa shape index (κ1) is 24.2. The molecule has 6 heteroatoms. The minimum atomic E-state index is 0. The number of carbonyl (C=O) groups excluding carboxylic acids is 1. The lowest BCUT2D eigenvalue weighted by Crippen LogP contribution is -2.44. The average molecular weight is 356 g/mol. The van der Waals surface area contributed by atoms with Crippen LogP contribution in [0, 0.1) is 0 Å². The molecule has 0 unspecified atom stereocenters. The molecular formula is C16H35Cl2N3O. The van der Waals surface area contributed by atoms with Gasteiger partial charge in [0.2, 0.25) is 5.91 Å². The Balaban J connectivity index is 0. The molecule has 0 radical (unpaired) electrons. The maximum absolute atomic E-state index is 12.2. The third-order valence-electron chi connectivity index (χ3n) is 4.19. The lowest BCUT2D eigenvalue weighted by Gasteiger charge is -2.32. The van der Waals surface area contributed by atoms with Crippen LogP contribution in [-0.4, -0.2) is 61.5 Å². The van der Waals surface area contributed by atoms with Gasteiger partial charge in [-0.15, -0.1) is 24.8 Å². The number of nitrogens with one attached hydrogen (secondary N) is 1. The van der Waals surface area contributed by atoms with Gasteiger partial charge in [0.1, 0.15) is 0 Å². The average Bonchev–Trinajstić information content (AvgIpc) is 2.47. The zero-order chi connectivity index (χ0) is 14.8. The second-order valence-corrected chi connectivity index (χ2v) is 5.93. The van der Waals surface area contributed by atoms with Gasteiger partial charge in [-0.1, -0.05) is 13.8 Å². The minimum Gasteiger partial charge on any atom is -0.343 e. The SMILES string of the molecule is CCCN(CCC)CCCC(=O)N(C)C1CCNCC1.Cl.Cl. The first-order valence-corrected chi connectivity index (χ1v) is 8.37. The largest absolute Gasteiger partial charge is 0.343 e. The molecule has 22 heavy (non-hydrogen) atoms. The molecule has 0 spiro atoms. The van der Waals surface area contributed by atoms with Crippen molar-refractivity contribution in [1.29, 1.82) is 0 Å². The van der Waals surface area contributed by atoms with Crippen LogP contribution in [-0.2, 0) is 4.79 Å². The molecule has 0 atom stereocenters. The summed E-state index contributed by atoms with van der Waals surface area (Å²) < 4.78 is 0. The number of amides is 1. The van der Waals surface area contributed by atoms with E-state index < -0.39 is 0 Å². The highest BCUT2D eigenvalue weighted by Gasteiger charge is 2.21. The molecule has 1 rings (SSSR count). The second kappa shape index (κ2) is 14.6. The Morgan fingerprint density at radius 2 is 1.59 bits per heavy atom. The van der Waals surface area contributed by atoms with Crippen molar-refractivity contribution in [3.05, 3.63) is 0 Å². The quantitative estimate of drug-likeness (QED) is 0.690. The van der Waals surface area contributed by atoms with E-state index in [1.165, 1.54) is 12.8 Å². The lowest BCUT2D eigenvalue weighted by atomic mass is 10.0. The van der Waals surface area contributed by atoms with Gasteiger partial charge in [0.25, 0.3) is 0 Å². The van der Waals surface area contributed by atoms with Gasteiger partial charge >= 0.3 is 0 Å². The molecule has 0 aliphatic carbocycles. The fourth-order valence-electron chi connectivity index (χ4n) is 3.00. The third kappa shape index (κ3) is 9.19. The molecule has 4 nitrogen and oxygen atoms in total. The highest BCUT2D eigenvalue weighted by molar-refractivity contribution is 5.85. The Bertz CT molecular complexity index is 268. The Kier molecular flexibility index (Phi) is 16.0. The molecule has 1 fully saturated rings. The van der Waals surface area contributed by atoms with Crippen LogP contribution in [0.25, 0.3) is 0 Å². The van der Waals surface area contributed by atoms with Crippen LogP contribution >= 0.6 is 24.8 Å². The van der Waals surface area contributed by atoms with Gasteiger partial charge in [0.05, 0.1) is 0 Å². The zero-order valence-electron chi connectivity index (χ0n) is 14.5. The van der Waals surface area contributed by atoms with Crippen LogP contribution in [0.4, 0.5) is 0 Å². The van der Waals surface area contributed by atoms with Crippen molar-refractivity contribution < 1.29 is 4.79 Å². The van der Waals surface area contributed by atoms with E-state index in [1.807, 2.05) is 11.9 Å². The predicted molar refractivity (Wildman–Crippen MR) is 99.4 cm³/mol. The highest BCUT2D eigenvalue weighted by atomic mass is 35.5. The van der Waals surface area contributed by atoms with E-state index in [0.29, 0.717) is 18.4 Å². The Hall–Kier alpha value is -0.0300. The van der Waals surface area contributed by atoms with E-state index >= 15 is 0 Å². The van der Waals surface area contributed by atoms with Crippen molar-refractivity contribution in [2.45, 2.75) is 58.4 Å². The van der Waals surface area contributed by atoms with Gasteiger partial charge in [-0.05, 0) is 64.8 Å². The van der Waals surface area contributed by atoms with Crippen molar-refractivity contribution in [1.82, 2.24) is 15.1 Å². The molecule has 0 aromatic heterocycles. The monoisotopic (exact) mass is 355 g/mol. The molecule has 1 heterocycles. The maximum Gasteiger partial charge on any atom is 0.222 e. The van der Waals surface area contributed by atoms with E-state index in [1.54, 1.807) is 0 Å². The second-order valence-electron chi connectivity index (χ2n) is 5.93. The number of piperidine rings is 1. The molecule has 0 aromatic carbocycles. The van der Waals surface area contributed by atoms with Gasteiger partial charge in [0, 0.05) is 19.5 Å². The molecule has 0 saturated carbocycles. The van der Waals surface area contributed by atoms with Crippen LogP contribution in [0.15, 0.2) is 0 Å². The van der Waals surface area contributed by atoms with Crippen LogP contribution in [0.3, 0.4) is 0 Å². The first-order valence-electron chi connectivity index (χ1n) is 8.37. The summed E-state index contributed by atoms with van der Waals surface area (Å²) in [5.74, 6) is 0.324. The summed E-state index contributed by atoms with van der Waals surface area (Å²) in [6.45, 7) is 9.91. The van der Waals surface area contributed by atoms with Gasteiger partial charge in [-0.25, -0.2) is 0 Å². The van der Waals surface area contributed by atoms with Crippen molar-refractivity contribution in [3.63, 3.8) is 0 Å². The van der Waals surface area contributed by atoms with E-state index in [0.717, 1.165) is 52.0 Å². The highest BCUT2D eigenvalue weighted by Crippen LogP contribution is 2.12. The summed E-state index contributed by atoms with van der Waals surface area (Å²) in [5, 5.41) is 3.35. The Morgan fingerprint density at radius 1 is 1.05 bits per heavy atom. The topological polar surface area (TPSA) is 35.6 Å². The third-order valence-corrected chi connectivity index (χ3v) is 4.19. The van der Waals surface area contributed by atoms with E-state index in [9.17, 15) is 4.79 Å². The Labute approximate surface area is 149 Å². The molecule has 1 saturated heterocycles. The van der Waals surface area contributed by atoms with Crippen LogP contribution in [0.2, 0.25) is 0 Å². The summed E-state index contributed by atoms with van der Waals surface area (Å²) in [4.78, 5) is 16.7. The standard InChI is InChI=1S/C16H33N3O.2ClH/c1-4-12-19(13-5-2)14-6-7-16(20)18(3)15-8-10-17-11-9-15;;/h15,17H,4-14H2,1-3H3;2*1H. The number of hydrogen-bond donors (Lipinski definition) is 1. The number of halogens is 2. The Morgan fingerprint density at radius 3 is 2.09 bits per heavy atom. The van der Waals surface area contributed by atoms with Crippen LogP contribution in [0.1, 0.15) is 52.4 Å². The predicted octanol–water partition coefficient (Wildman–Crippen LogP) is 2.94.